The minimum Gasteiger partial charge on any atom is -0.393 e. The van der Waals surface area contributed by atoms with E-state index in [1.54, 1.807) is 12.1 Å². The number of ether oxygens (including phenoxy) is 1. The highest BCUT2D eigenvalue weighted by molar-refractivity contribution is 7.89. The normalized spacial score (nSPS) is 11.8. The monoisotopic (exact) mass is 338 g/mol. The molecule has 118 valence electrons. The Labute approximate surface area is 127 Å². The number of nitrogens with two attached hydrogens (primary N) is 1. The lowest BCUT2D eigenvalue weighted by molar-refractivity contribution is 0.0199. The molecule has 0 heterocycles. The first-order valence-corrected chi connectivity index (χ1v) is 7.93. The van der Waals surface area contributed by atoms with Crippen molar-refractivity contribution in [2.45, 2.75) is 17.7 Å². The molecule has 0 spiro atoms. The molecule has 1 aromatic rings. The number of nitrogens with one attached hydrogen (secondary N) is 1. The minimum absolute atomic E-state index is 0.0723. The Morgan fingerprint density at radius 1 is 1.33 bits per heavy atom. The van der Waals surface area contributed by atoms with Gasteiger partial charge in [0.2, 0.25) is 10.0 Å². The highest BCUT2D eigenvalue weighted by Crippen LogP contribution is 2.11. The van der Waals surface area contributed by atoms with Crippen molar-refractivity contribution in [1.29, 1.82) is 0 Å². The molecule has 0 aliphatic heterocycles. The Kier molecular flexibility index (Phi) is 7.09. The van der Waals surface area contributed by atoms with Crippen LogP contribution in [0, 0.1) is 0 Å². The van der Waals surface area contributed by atoms with Gasteiger partial charge in [0, 0.05) is 13.0 Å². The third-order valence-electron chi connectivity index (χ3n) is 2.39. The molecular formula is C12H16F2N2O3S2. The molecule has 21 heavy (non-hydrogen) atoms. The van der Waals surface area contributed by atoms with E-state index in [0.29, 0.717) is 11.4 Å². The Morgan fingerprint density at radius 3 is 2.48 bits per heavy atom. The maximum Gasteiger partial charge on any atom is 0.261 e. The average Bonchev–Trinajstić information content (AvgIpc) is 2.37. The Bertz CT molecular complexity index is 562. The second-order valence-electron chi connectivity index (χ2n) is 4.15. The molecule has 0 aliphatic rings. The average molecular weight is 338 g/mol. The highest BCUT2D eigenvalue weighted by Gasteiger charge is 2.13. The molecule has 0 aliphatic carbocycles. The summed E-state index contributed by atoms with van der Waals surface area (Å²) in [4.78, 5) is 0.392. The van der Waals surface area contributed by atoms with Crippen LogP contribution >= 0.6 is 12.2 Å². The summed E-state index contributed by atoms with van der Waals surface area (Å²) in [5.41, 5.74) is 6.20. The van der Waals surface area contributed by atoms with Gasteiger partial charge in [0.25, 0.3) is 6.43 Å². The zero-order chi connectivity index (χ0) is 15.9. The lowest BCUT2D eigenvalue weighted by Gasteiger charge is -2.08. The summed E-state index contributed by atoms with van der Waals surface area (Å²) in [6.07, 6.45) is -2.17. The molecule has 0 radical (unpaired) electrons. The number of alkyl halides is 2. The van der Waals surface area contributed by atoms with Gasteiger partial charge in [0.05, 0.1) is 16.5 Å². The van der Waals surface area contributed by atoms with Gasteiger partial charge in [0.1, 0.15) is 6.61 Å². The van der Waals surface area contributed by atoms with Crippen molar-refractivity contribution in [3.05, 3.63) is 29.8 Å². The van der Waals surface area contributed by atoms with Crippen LogP contribution in [0.3, 0.4) is 0 Å². The molecule has 0 saturated carbocycles. The van der Waals surface area contributed by atoms with E-state index >= 15 is 0 Å². The summed E-state index contributed by atoms with van der Waals surface area (Å²) < 4.78 is 54.3. The topological polar surface area (TPSA) is 81.4 Å². The summed E-state index contributed by atoms with van der Waals surface area (Å²) >= 11 is 4.76. The molecule has 0 atom stereocenters. The van der Waals surface area contributed by atoms with E-state index < -0.39 is 23.1 Å². The number of rotatable bonds is 9. The molecule has 1 aromatic carbocycles. The van der Waals surface area contributed by atoms with Gasteiger partial charge in [0.15, 0.2) is 0 Å². The lowest BCUT2D eigenvalue weighted by Crippen LogP contribution is -2.28. The van der Waals surface area contributed by atoms with E-state index in [2.05, 4.69) is 9.46 Å². The van der Waals surface area contributed by atoms with Crippen LogP contribution in [0.15, 0.2) is 29.2 Å². The highest BCUT2D eigenvalue weighted by atomic mass is 32.2. The smallest absolute Gasteiger partial charge is 0.261 e. The fourth-order valence-corrected chi connectivity index (χ4v) is 2.67. The number of hydrogen-bond acceptors (Lipinski definition) is 4. The molecular weight excluding hydrogens is 322 g/mol. The predicted octanol–water partition coefficient (Wildman–Crippen LogP) is 1.08. The minimum atomic E-state index is -3.69. The molecule has 0 bridgehead atoms. The van der Waals surface area contributed by atoms with Crippen LogP contribution in [0.4, 0.5) is 8.78 Å². The van der Waals surface area contributed by atoms with Crippen LogP contribution in [0.2, 0.25) is 0 Å². The second kappa shape index (κ2) is 8.32. The van der Waals surface area contributed by atoms with Gasteiger partial charge < -0.3 is 10.5 Å². The van der Waals surface area contributed by atoms with E-state index in [1.165, 1.54) is 12.1 Å². The maximum absolute atomic E-state index is 11.9. The van der Waals surface area contributed by atoms with Crippen molar-refractivity contribution >= 4 is 27.2 Å². The molecule has 9 heteroatoms. The molecule has 0 amide bonds. The lowest BCUT2D eigenvalue weighted by atomic mass is 10.1. The molecule has 5 nitrogen and oxygen atoms in total. The van der Waals surface area contributed by atoms with Gasteiger partial charge >= 0.3 is 0 Å². The zero-order valence-electron chi connectivity index (χ0n) is 11.1. The van der Waals surface area contributed by atoms with E-state index in [0.717, 1.165) is 5.56 Å². The summed E-state index contributed by atoms with van der Waals surface area (Å²) in [6, 6.07) is 6.08. The Balaban J connectivity index is 2.52. The molecule has 0 aromatic heterocycles. The van der Waals surface area contributed by atoms with Gasteiger partial charge in [-0.2, -0.15) is 0 Å². The van der Waals surface area contributed by atoms with Crippen molar-refractivity contribution in [2.75, 3.05) is 19.8 Å². The maximum atomic E-state index is 11.9. The fourth-order valence-electron chi connectivity index (χ4n) is 1.49. The first kappa shape index (κ1) is 17.9. The van der Waals surface area contributed by atoms with Gasteiger partial charge in [-0.1, -0.05) is 24.4 Å². The third-order valence-corrected chi connectivity index (χ3v) is 4.02. The largest absolute Gasteiger partial charge is 0.393 e. The zero-order valence-corrected chi connectivity index (χ0v) is 12.7. The van der Waals surface area contributed by atoms with Crippen LogP contribution in [0.5, 0.6) is 0 Å². The molecule has 0 fully saturated rings. The SMILES string of the molecule is NC(=S)Cc1ccc(S(=O)(=O)NCCOCC(F)F)cc1. The van der Waals surface area contributed by atoms with Crippen molar-refractivity contribution in [1.82, 2.24) is 4.72 Å². The van der Waals surface area contributed by atoms with Crippen molar-refractivity contribution < 1.29 is 21.9 Å². The van der Waals surface area contributed by atoms with E-state index in [1.807, 2.05) is 0 Å². The first-order valence-electron chi connectivity index (χ1n) is 6.04. The summed E-state index contributed by atoms with van der Waals surface area (Å²) in [5, 5.41) is 0. The quantitative estimate of drug-likeness (QED) is 0.520. The van der Waals surface area contributed by atoms with Crippen LogP contribution in [-0.4, -0.2) is 39.6 Å². The summed E-state index contributed by atoms with van der Waals surface area (Å²) in [7, 11) is -3.69. The number of halogens is 2. The molecule has 0 unspecified atom stereocenters. The van der Waals surface area contributed by atoms with Crippen LogP contribution in [0.1, 0.15) is 5.56 Å². The number of hydrogen-bond donors (Lipinski definition) is 2. The van der Waals surface area contributed by atoms with E-state index in [4.69, 9.17) is 18.0 Å². The van der Waals surface area contributed by atoms with Gasteiger partial charge in [-0.15, -0.1) is 0 Å². The predicted molar refractivity (Wildman–Crippen MR) is 78.9 cm³/mol. The van der Waals surface area contributed by atoms with Crippen molar-refractivity contribution in [3.63, 3.8) is 0 Å². The fraction of sp³-hybridized carbons (Fsp3) is 0.417. The Morgan fingerprint density at radius 2 is 1.95 bits per heavy atom. The van der Waals surface area contributed by atoms with Gasteiger partial charge in [-0.05, 0) is 17.7 Å². The van der Waals surface area contributed by atoms with Crippen molar-refractivity contribution in [3.8, 4) is 0 Å². The molecule has 3 N–H and O–H groups in total. The summed E-state index contributed by atoms with van der Waals surface area (Å²) in [5.74, 6) is 0. The standard InChI is InChI=1S/C12H16F2N2O3S2/c13-11(14)8-19-6-5-16-21(17,18)10-3-1-9(2-4-10)7-12(15)20/h1-4,11,16H,5-8H2,(H2,15,20). The first-order chi connectivity index (χ1) is 9.81. The number of thiocarbonyl (C=S) groups is 1. The van der Waals surface area contributed by atoms with Gasteiger partial charge in [-0.3, -0.25) is 0 Å². The number of benzene rings is 1. The van der Waals surface area contributed by atoms with Crippen LogP contribution < -0.4 is 10.5 Å². The van der Waals surface area contributed by atoms with Crippen molar-refractivity contribution in [2.24, 2.45) is 5.73 Å². The Hall–Kier alpha value is -1.16. The van der Waals surface area contributed by atoms with E-state index in [9.17, 15) is 17.2 Å². The second-order valence-corrected chi connectivity index (χ2v) is 6.44. The molecule has 1 rings (SSSR count). The third kappa shape index (κ3) is 6.89. The van der Waals surface area contributed by atoms with Crippen LogP contribution in [0.25, 0.3) is 0 Å². The summed E-state index contributed by atoms with van der Waals surface area (Å²) in [6.45, 7) is -0.914. The molecule has 0 saturated heterocycles. The van der Waals surface area contributed by atoms with E-state index in [-0.39, 0.29) is 18.0 Å². The van der Waals surface area contributed by atoms with Gasteiger partial charge in [-0.25, -0.2) is 21.9 Å². The number of sulfonamides is 1. The van der Waals surface area contributed by atoms with Crippen LogP contribution in [-0.2, 0) is 21.2 Å².